The lowest BCUT2D eigenvalue weighted by atomic mass is 9.85. The number of rotatable bonds is 16. The molecule has 324 valence electrons. The van der Waals surface area contributed by atoms with Gasteiger partial charge in [-0.25, -0.2) is 14.6 Å². The molecule has 8 atom stereocenters. The maximum atomic E-state index is 14.8. The summed E-state index contributed by atoms with van der Waals surface area (Å²) in [6.45, 7) is 8.09. The van der Waals surface area contributed by atoms with E-state index in [0.29, 0.717) is 77.1 Å². The highest BCUT2D eigenvalue weighted by atomic mass is 35.5. The van der Waals surface area contributed by atoms with E-state index in [4.69, 9.17) is 44.7 Å². The number of nitrogens with zero attached hydrogens (tertiary/aromatic N) is 3. The Balaban J connectivity index is 1.10. The molecule has 2 aromatic heterocycles. The average molecular weight is 851 g/mol. The molecule has 8 rings (SSSR count). The van der Waals surface area contributed by atoms with E-state index < -0.39 is 53.0 Å². The van der Waals surface area contributed by atoms with Crippen molar-refractivity contribution in [3.63, 3.8) is 0 Å². The number of alkyl carbamates (subject to hydrolysis) is 1. The number of esters is 1. The van der Waals surface area contributed by atoms with Crippen molar-refractivity contribution in [3.05, 3.63) is 29.5 Å². The van der Waals surface area contributed by atoms with Gasteiger partial charge in [0.25, 0.3) is 6.01 Å². The monoisotopic (exact) mass is 850 g/mol. The SMILES string of the molecule is CC[C@@H]1C[C@]1(NC(=O)[C@@H]1C[C@@H](Oc2cc(-c3coc(NC4CC4)n3)nc3c(Cl)c(OCCOC)ccc23)CN1C(=O)C(NC(=O)O[C@@H]1C[C@@H]2C[C@@H]2C1)C(C)(C)C)C(=O)OC. The Morgan fingerprint density at radius 2 is 1.77 bits per heavy atom. The predicted octanol–water partition coefficient (Wildman–Crippen LogP) is 5.89. The van der Waals surface area contributed by atoms with Crippen molar-refractivity contribution >= 4 is 52.4 Å². The van der Waals surface area contributed by atoms with Gasteiger partial charge < -0.3 is 49.0 Å². The summed E-state index contributed by atoms with van der Waals surface area (Å²) in [5, 5.41) is 9.88. The number of amides is 3. The molecule has 3 aromatic rings. The van der Waals surface area contributed by atoms with Gasteiger partial charge >= 0.3 is 12.1 Å². The number of carbonyl (C=O) groups is 4. The summed E-state index contributed by atoms with van der Waals surface area (Å²) in [6, 6.07) is 3.81. The fourth-order valence-electron chi connectivity index (χ4n) is 8.83. The van der Waals surface area contributed by atoms with E-state index in [0.717, 1.165) is 25.7 Å². The minimum atomic E-state index is -1.19. The van der Waals surface area contributed by atoms with Crippen molar-refractivity contribution in [2.75, 3.05) is 39.3 Å². The first-order chi connectivity index (χ1) is 28.7. The van der Waals surface area contributed by atoms with Gasteiger partial charge in [-0.05, 0) is 73.8 Å². The number of carbonyl (C=O) groups excluding carboxylic acids is 4. The molecule has 0 bridgehead atoms. The Hall–Kier alpha value is -4.83. The molecular weight excluding hydrogens is 796 g/mol. The highest BCUT2D eigenvalue weighted by Gasteiger charge is 2.62. The number of methoxy groups -OCH3 is 2. The quantitative estimate of drug-likeness (QED) is 0.114. The van der Waals surface area contributed by atoms with E-state index in [-0.39, 0.29) is 36.6 Å². The van der Waals surface area contributed by atoms with Crippen LogP contribution in [0, 0.1) is 23.2 Å². The van der Waals surface area contributed by atoms with Gasteiger partial charge in [-0.3, -0.25) is 9.59 Å². The molecule has 3 amide bonds. The highest BCUT2D eigenvalue weighted by molar-refractivity contribution is 6.36. The zero-order valence-electron chi connectivity index (χ0n) is 35.0. The number of halogens is 1. The number of hydrogen-bond acceptors (Lipinski definition) is 13. The lowest BCUT2D eigenvalue weighted by Gasteiger charge is -2.35. The molecule has 60 heavy (non-hydrogen) atoms. The summed E-state index contributed by atoms with van der Waals surface area (Å²) >= 11 is 6.96. The normalized spacial score (nSPS) is 27.1. The zero-order chi connectivity index (χ0) is 42.5. The van der Waals surface area contributed by atoms with Crippen LogP contribution in [0.15, 0.2) is 28.9 Å². The number of aromatic nitrogens is 2. The topological polar surface area (TPSA) is 193 Å². The number of nitrogens with one attached hydrogen (secondary N) is 3. The van der Waals surface area contributed by atoms with Crippen LogP contribution in [0.5, 0.6) is 11.5 Å². The van der Waals surface area contributed by atoms with Crippen LogP contribution in [0.2, 0.25) is 5.02 Å². The van der Waals surface area contributed by atoms with Crippen molar-refractivity contribution < 1.29 is 47.3 Å². The van der Waals surface area contributed by atoms with E-state index in [2.05, 4.69) is 20.9 Å². The fraction of sp³-hybridized carbons (Fsp3) is 0.628. The third-order valence-corrected chi connectivity index (χ3v) is 12.9. The smallest absolute Gasteiger partial charge is 0.408 e. The summed E-state index contributed by atoms with van der Waals surface area (Å²) < 4.78 is 34.5. The molecule has 0 spiro atoms. The Bertz CT molecular complexity index is 2130. The molecule has 16 nitrogen and oxygen atoms in total. The first-order valence-corrected chi connectivity index (χ1v) is 21.4. The van der Waals surface area contributed by atoms with Gasteiger partial charge in [0.1, 0.15) is 64.9 Å². The van der Waals surface area contributed by atoms with Crippen molar-refractivity contribution in [3.8, 4) is 22.9 Å². The number of pyridine rings is 1. The van der Waals surface area contributed by atoms with Crippen molar-refractivity contribution in [1.82, 2.24) is 25.5 Å². The van der Waals surface area contributed by atoms with Gasteiger partial charge in [0.05, 0.1) is 31.5 Å². The standard InChI is InChI=1S/C43H55ClN6O10/c1-7-24-19-43(24,39(53)56-6)49-37(51)31-17-27(20-50(31)38(52)36(42(2,3)4)48-41(54)60-26-15-22-14-23(22)16-26)59-33-18-29(30-21-58-40(47-30)45-25-8-9-25)46-35-28(33)10-11-32(34(35)44)57-13-12-55-5/h10-11,18,21-27,31,36H,7-9,12-17,19-20H2,1-6H3,(H,45,47)(H,48,54)(H,49,51)/t22-,23+,24-,26+,27-,31+,36?,43-/m1/s1. The number of hydrogen-bond donors (Lipinski definition) is 3. The van der Waals surface area contributed by atoms with Crippen LogP contribution in [0.4, 0.5) is 10.8 Å². The fourth-order valence-corrected chi connectivity index (χ4v) is 9.10. The zero-order valence-corrected chi connectivity index (χ0v) is 35.8. The van der Waals surface area contributed by atoms with Gasteiger partial charge in [-0.15, -0.1) is 0 Å². The first kappa shape index (κ1) is 41.9. The summed E-state index contributed by atoms with van der Waals surface area (Å²) in [7, 11) is 2.87. The summed E-state index contributed by atoms with van der Waals surface area (Å²) in [6.07, 6.45) is 5.97. The highest BCUT2D eigenvalue weighted by Crippen LogP contribution is 2.52. The summed E-state index contributed by atoms with van der Waals surface area (Å²) in [5.74, 6) is 0.347. The van der Waals surface area contributed by atoms with Gasteiger partial charge in [-0.2, -0.15) is 4.98 Å². The minimum absolute atomic E-state index is 0.0147. The van der Waals surface area contributed by atoms with E-state index in [1.165, 1.54) is 24.7 Å². The third-order valence-electron chi connectivity index (χ3n) is 12.5. The van der Waals surface area contributed by atoms with E-state index in [1.54, 1.807) is 25.3 Å². The van der Waals surface area contributed by atoms with Crippen LogP contribution >= 0.6 is 11.6 Å². The molecule has 3 heterocycles. The summed E-state index contributed by atoms with van der Waals surface area (Å²) in [4.78, 5) is 66.6. The minimum Gasteiger partial charge on any atom is -0.490 e. The van der Waals surface area contributed by atoms with Gasteiger partial charge in [0.2, 0.25) is 11.8 Å². The van der Waals surface area contributed by atoms with Crippen LogP contribution in [0.1, 0.15) is 79.1 Å². The molecule has 17 heteroatoms. The van der Waals surface area contributed by atoms with Crippen molar-refractivity contribution in [1.29, 1.82) is 0 Å². The van der Waals surface area contributed by atoms with E-state index >= 15 is 0 Å². The maximum absolute atomic E-state index is 14.8. The molecule has 5 fully saturated rings. The molecular formula is C43H55ClN6O10. The molecule has 1 unspecified atom stereocenters. The van der Waals surface area contributed by atoms with Crippen LogP contribution in [-0.4, -0.2) is 109 Å². The number of anilines is 1. The molecule has 1 aliphatic heterocycles. The molecule has 1 saturated heterocycles. The Kier molecular flexibility index (Phi) is 11.6. The Morgan fingerprint density at radius 3 is 2.43 bits per heavy atom. The third kappa shape index (κ3) is 8.67. The number of oxazole rings is 1. The van der Waals surface area contributed by atoms with E-state index in [1.807, 2.05) is 27.7 Å². The van der Waals surface area contributed by atoms with Crippen LogP contribution in [0.25, 0.3) is 22.3 Å². The van der Waals surface area contributed by atoms with Crippen LogP contribution in [0.3, 0.4) is 0 Å². The van der Waals surface area contributed by atoms with Crippen LogP contribution < -0.4 is 25.4 Å². The predicted molar refractivity (Wildman–Crippen MR) is 220 cm³/mol. The lowest BCUT2D eigenvalue weighted by molar-refractivity contribution is -0.148. The second-order valence-electron chi connectivity index (χ2n) is 18.0. The number of fused-ring (bicyclic) bond motifs is 2. The molecule has 5 aliphatic rings. The molecule has 4 aliphatic carbocycles. The summed E-state index contributed by atoms with van der Waals surface area (Å²) in [5.41, 5.74) is -0.728. The van der Waals surface area contributed by atoms with E-state index in [9.17, 15) is 19.2 Å². The Morgan fingerprint density at radius 1 is 1.00 bits per heavy atom. The molecule has 4 saturated carbocycles. The Labute approximate surface area is 354 Å². The second kappa shape index (κ2) is 16.6. The average Bonchev–Trinajstić information content (AvgIpc) is 4.16. The van der Waals surface area contributed by atoms with Crippen LogP contribution in [-0.2, 0) is 28.6 Å². The van der Waals surface area contributed by atoms with Crippen molar-refractivity contribution in [2.24, 2.45) is 23.2 Å². The molecule has 0 radical (unpaired) electrons. The van der Waals surface area contributed by atoms with Gasteiger partial charge in [0, 0.05) is 31.0 Å². The maximum Gasteiger partial charge on any atom is 0.408 e. The number of benzene rings is 1. The molecule has 3 N–H and O–H groups in total. The largest absolute Gasteiger partial charge is 0.490 e. The molecule has 1 aromatic carbocycles. The second-order valence-corrected chi connectivity index (χ2v) is 18.4. The van der Waals surface area contributed by atoms with Crippen molar-refractivity contribution in [2.45, 2.75) is 115 Å². The lowest BCUT2D eigenvalue weighted by Crippen LogP contribution is -2.59. The number of ether oxygens (including phenoxy) is 5. The van der Waals surface area contributed by atoms with Gasteiger partial charge in [-0.1, -0.05) is 45.7 Å². The van der Waals surface area contributed by atoms with Gasteiger partial charge in [0.15, 0.2) is 0 Å². The number of likely N-dealkylation sites (tertiary alicyclic amines) is 1. The first-order valence-electron chi connectivity index (χ1n) is 21.0.